The van der Waals surface area contributed by atoms with E-state index in [0.717, 1.165) is 24.6 Å². The summed E-state index contributed by atoms with van der Waals surface area (Å²) in [6, 6.07) is 5.38. The van der Waals surface area contributed by atoms with Gasteiger partial charge in [-0.2, -0.15) is 0 Å². The predicted octanol–water partition coefficient (Wildman–Crippen LogP) is 3.33. The summed E-state index contributed by atoms with van der Waals surface area (Å²) in [7, 11) is 0. The highest BCUT2D eigenvalue weighted by molar-refractivity contribution is 6.35. The molecule has 2 aromatic rings. The quantitative estimate of drug-likeness (QED) is 0.655. The lowest BCUT2D eigenvalue weighted by Crippen LogP contribution is -2.05. The second-order valence-corrected chi connectivity index (χ2v) is 4.61. The molecule has 0 aliphatic heterocycles. The zero-order chi connectivity index (χ0) is 11.1. The Labute approximate surface area is 97.8 Å². The molecule has 0 amide bonds. The van der Waals surface area contributed by atoms with E-state index < -0.39 is 0 Å². The molecule has 1 heterocycles. The average molecular weight is 235 g/mol. The van der Waals surface area contributed by atoms with Gasteiger partial charge in [-0.3, -0.25) is 0 Å². The molecule has 82 valence electrons. The van der Waals surface area contributed by atoms with Gasteiger partial charge in [0.05, 0.1) is 5.02 Å². The van der Waals surface area contributed by atoms with E-state index in [1.54, 1.807) is 0 Å². The molecule has 0 unspecified atom stereocenters. The minimum atomic E-state index is -0.364. The fraction of sp³-hybridized carbons (Fsp3) is 0.308. The number of rotatable bonds is 0. The average Bonchev–Trinajstić information content (AvgIpc) is 2.28. The SMILES string of the molecule is O=c1cc(Cl)c2ccc3c(c2o1)CCCC3. The first-order chi connectivity index (χ1) is 7.75. The van der Waals surface area contributed by atoms with Crippen molar-refractivity contribution in [3.8, 4) is 0 Å². The van der Waals surface area contributed by atoms with Crippen LogP contribution in [0, 0.1) is 0 Å². The van der Waals surface area contributed by atoms with E-state index in [-0.39, 0.29) is 5.63 Å². The fourth-order valence-electron chi connectivity index (χ4n) is 2.41. The molecule has 0 radical (unpaired) electrons. The van der Waals surface area contributed by atoms with Gasteiger partial charge in [0.2, 0.25) is 0 Å². The third kappa shape index (κ3) is 1.45. The Morgan fingerprint density at radius 1 is 1.19 bits per heavy atom. The van der Waals surface area contributed by atoms with Gasteiger partial charge < -0.3 is 4.42 Å². The van der Waals surface area contributed by atoms with Gasteiger partial charge in [-0.05, 0) is 42.9 Å². The van der Waals surface area contributed by atoms with Crippen molar-refractivity contribution < 1.29 is 4.42 Å². The summed E-state index contributed by atoms with van der Waals surface area (Å²) in [5, 5.41) is 1.33. The van der Waals surface area contributed by atoms with Crippen LogP contribution in [0.15, 0.2) is 27.4 Å². The van der Waals surface area contributed by atoms with Gasteiger partial charge in [0.1, 0.15) is 5.58 Å². The highest BCUT2D eigenvalue weighted by Gasteiger charge is 2.15. The topological polar surface area (TPSA) is 30.2 Å². The molecular formula is C13H11ClO2. The number of hydrogen-bond donors (Lipinski definition) is 0. The van der Waals surface area contributed by atoms with E-state index in [0.29, 0.717) is 10.6 Å². The van der Waals surface area contributed by atoms with E-state index in [4.69, 9.17) is 16.0 Å². The van der Waals surface area contributed by atoms with Gasteiger partial charge in [-0.1, -0.05) is 17.7 Å². The summed E-state index contributed by atoms with van der Waals surface area (Å²) in [5.74, 6) is 0. The molecule has 1 aromatic heterocycles. The predicted molar refractivity (Wildman–Crippen MR) is 64.1 cm³/mol. The van der Waals surface area contributed by atoms with Crippen molar-refractivity contribution in [2.45, 2.75) is 25.7 Å². The molecule has 1 aliphatic rings. The molecule has 0 fully saturated rings. The molecular weight excluding hydrogens is 224 g/mol. The molecule has 0 spiro atoms. The Hall–Kier alpha value is -1.28. The molecule has 0 N–H and O–H groups in total. The third-order valence-corrected chi connectivity index (χ3v) is 3.50. The first-order valence-electron chi connectivity index (χ1n) is 5.50. The zero-order valence-electron chi connectivity index (χ0n) is 8.75. The van der Waals surface area contributed by atoms with Gasteiger partial charge in [0.25, 0.3) is 0 Å². The number of hydrogen-bond acceptors (Lipinski definition) is 2. The second-order valence-electron chi connectivity index (χ2n) is 4.20. The van der Waals surface area contributed by atoms with Crippen LogP contribution in [0.1, 0.15) is 24.0 Å². The molecule has 16 heavy (non-hydrogen) atoms. The Kier molecular flexibility index (Phi) is 2.25. The highest BCUT2D eigenvalue weighted by Crippen LogP contribution is 2.31. The molecule has 2 nitrogen and oxygen atoms in total. The van der Waals surface area contributed by atoms with E-state index in [9.17, 15) is 4.79 Å². The first-order valence-corrected chi connectivity index (χ1v) is 5.87. The zero-order valence-corrected chi connectivity index (χ0v) is 9.51. The van der Waals surface area contributed by atoms with E-state index in [1.165, 1.54) is 23.6 Å². The lowest BCUT2D eigenvalue weighted by atomic mass is 9.90. The van der Waals surface area contributed by atoms with Crippen molar-refractivity contribution in [1.82, 2.24) is 0 Å². The van der Waals surface area contributed by atoms with Crippen LogP contribution in [0.5, 0.6) is 0 Å². The lowest BCUT2D eigenvalue weighted by molar-refractivity contribution is 0.550. The van der Waals surface area contributed by atoms with Gasteiger partial charge in [0.15, 0.2) is 0 Å². The minimum absolute atomic E-state index is 0.364. The maximum atomic E-state index is 11.3. The second kappa shape index (κ2) is 3.63. The Balaban J connectivity index is 2.42. The fourth-order valence-corrected chi connectivity index (χ4v) is 2.65. The van der Waals surface area contributed by atoms with Gasteiger partial charge in [-0.25, -0.2) is 4.79 Å². The van der Waals surface area contributed by atoms with Crippen molar-refractivity contribution in [1.29, 1.82) is 0 Å². The summed E-state index contributed by atoms with van der Waals surface area (Å²) in [6.45, 7) is 0. The number of benzene rings is 1. The van der Waals surface area contributed by atoms with Crippen LogP contribution < -0.4 is 5.63 Å². The standard InChI is InChI=1S/C13H11ClO2/c14-11-7-12(15)16-13-9-4-2-1-3-8(9)5-6-10(11)13/h5-7H,1-4H2. The third-order valence-electron chi connectivity index (χ3n) is 3.18. The van der Waals surface area contributed by atoms with Crippen molar-refractivity contribution in [3.05, 3.63) is 44.8 Å². The smallest absolute Gasteiger partial charge is 0.337 e. The van der Waals surface area contributed by atoms with Gasteiger partial charge >= 0.3 is 5.63 Å². The normalized spacial score (nSPS) is 15.1. The Morgan fingerprint density at radius 3 is 2.88 bits per heavy atom. The highest BCUT2D eigenvalue weighted by atomic mass is 35.5. The van der Waals surface area contributed by atoms with Crippen molar-refractivity contribution in [2.24, 2.45) is 0 Å². The van der Waals surface area contributed by atoms with E-state index >= 15 is 0 Å². The molecule has 1 aliphatic carbocycles. The molecule has 0 saturated heterocycles. The summed E-state index contributed by atoms with van der Waals surface area (Å²) in [6.07, 6.45) is 4.42. The van der Waals surface area contributed by atoms with E-state index in [1.807, 2.05) is 6.07 Å². The summed E-state index contributed by atoms with van der Waals surface area (Å²) < 4.78 is 5.30. The van der Waals surface area contributed by atoms with Crippen LogP contribution >= 0.6 is 11.6 Å². The summed E-state index contributed by atoms with van der Waals surface area (Å²) in [5.41, 5.74) is 2.79. The first kappa shape index (κ1) is 9.91. The number of aryl methyl sites for hydroxylation is 2. The van der Waals surface area contributed by atoms with Gasteiger partial charge in [-0.15, -0.1) is 0 Å². The van der Waals surface area contributed by atoms with Crippen LogP contribution in [0.4, 0.5) is 0 Å². The number of halogens is 1. The van der Waals surface area contributed by atoms with Crippen molar-refractivity contribution in [2.75, 3.05) is 0 Å². The van der Waals surface area contributed by atoms with Crippen LogP contribution in [0.25, 0.3) is 11.0 Å². The monoisotopic (exact) mass is 234 g/mol. The lowest BCUT2D eigenvalue weighted by Gasteiger charge is -2.16. The Bertz CT molecular complexity index is 613. The molecule has 3 heteroatoms. The van der Waals surface area contributed by atoms with E-state index in [2.05, 4.69) is 6.07 Å². The maximum Gasteiger partial charge on any atom is 0.337 e. The summed E-state index contributed by atoms with van der Waals surface area (Å²) in [4.78, 5) is 11.3. The molecule has 3 rings (SSSR count). The van der Waals surface area contributed by atoms with Crippen LogP contribution in [0.3, 0.4) is 0 Å². The van der Waals surface area contributed by atoms with Crippen LogP contribution in [-0.4, -0.2) is 0 Å². The Morgan fingerprint density at radius 2 is 2.00 bits per heavy atom. The molecule has 0 atom stereocenters. The largest absolute Gasteiger partial charge is 0.422 e. The summed E-state index contributed by atoms with van der Waals surface area (Å²) >= 11 is 6.04. The van der Waals surface area contributed by atoms with Crippen LogP contribution in [0.2, 0.25) is 5.02 Å². The number of fused-ring (bicyclic) bond motifs is 3. The van der Waals surface area contributed by atoms with Gasteiger partial charge in [0, 0.05) is 11.5 Å². The molecule has 0 bridgehead atoms. The maximum absolute atomic E-state index is 11.3. The minimum Gasteiger partial charge on any atom is -0.422 e. The van der Waals surface area contributed by atoms with Crippen molar-refractivity contribution >= 4 is 22.6 Å². The van der Waals surface area contributed by atoms with Crippen LogP contribution in [-0.2, 0) is 12.8 Å². The molecule has 0 saturated carbocycles. The van der Waals surface area contributed by atoms with Crippen molar-refractivity contribution in [3.63, 3.8) is 0 Å². The molecule has 1 aromatic carbocycles.